The molecule has 8 nitrogen and oxygen atoms in total. The predicted molar refractivity (Wildman–Crippen MR) is 118 cm³/mol. The van der Waals surface area contributed by atoms with E-state index in [1.54, 1.807) is 29.0 Å². The fraction of sp³-hybridized carbons (Fsp3) is 0.476. The Bertz CT molecular complexity index is 996. The van der Waals surface area contributed by atoms with Crippen LogP contribution in [0, 0.1) is 0 Å². The molecule has 1 saturated heterocycles. The van der Waals surface area contributed by atoms with Gasteiger partial charge in [0.2, 0.25) is 0 Å². The molecule has 9 heteroatoms. The molecule has 1 aliphatic rings. The summed E-state index contributed by atoms with van der Waals surface area (Å²) in [5, 5.41) is 4.97. The second-order valence-corrected chi connectivity index (χ2v) is 8.14. The van der Waals surface area contributed by atoms with E-state index in [1.165, 1.54) is 11.3 Å². The molecule has 1 fully saturated rings. The van der Waals surface area contributed by atoms with E-state index in [1.807, 2.05) is 25.1 Å². The van der Waals surface area contributed by atoms with Gasteiger partial charge >= 0.3 is 0 Å². The maximum atomic E-state index is 13.4. The molecule has 3 heterocycles. The van der Waals surface area contributed by atoms with E-state index in [9.17, 15) is 4.79 Å². The number of carbonyl (C=O) groups is 1. The lowest BCUT2D eigenvalue weighted by atomic mass is 10.3. The second kappa shape index (κ2) is 9.55. The van der Waals surface area contributed by atoms with Crippen LogP contribution in [-0.2, 0) is 11.3 Å². The van der Waals surface area contributed by atoms with Crippen LogP contribution in [0.4, 0.5) is 5.13 Å². The van der Waals surface area contributed by atoms with Crippen LogP contribution in [-0.4, -0.2) is 72.1 Å². The van der Waals surface area contributed by atoms with Crippen molar-refractivity contribution in [3.8, 4) is 5.75 Å². The van der Waals surface area contributed by atoms with Crippen LogP contribution in [0.15, 0.2) is 30.5 Å². The number of amides is 1. The van der Waals surface area contributed by atoms with Crippen LogP contribution in [0.25, 0.3) is 10.2 Å². The number of carbonyl (C=O) groups excluding carboxylic acids is 1. The highest BCUT2D eigenvalue weighted by molar-refractivity contribution is 7.22. The Kier molecular flexibility index (Phi) is 6.61. The molecular weight excluding hydrogens is 402 g/mol. The van der Waals surface area contributed by atoms with Crippen molar-refractivity contribution in [2.24, 2.45) is 0 Å². The summed E-state index contributed by atoms with van der Waals surface area (Å²) in [6, 6.07) is 7.59. The quantitative estimate of drug-likeness (QED) is 0.548. The molecular formula is C21H27N5O3S. The van der Waals surface area contributed by atoms with Crippen LogP contribution in [0.2, 0.25) is 0 Å². The van der Waals surface area contributed by atoms with Crippen molar-refractivity contribution in [1.82, 2.24) is 19.7 Å². The Hall–Kier alpha value is -2.49. The topological polar surface area (TPSA) is 72.7 Å². The zero-order chi connectivity index (χ0) is 20.9. The Morgan fingerprint density at radius 1 is 1.30 bits per heavy atom. The van der Waals surface area contributed by atoms with Crippen molar-refractivity contribution in [1.29, 1.82) is 0 Å². The van der Waals surface area contributed by atoms with Gasteiger partial charge in [0.25, 0.3) is 5.91 Å². The highest BCUT2D eigenvalue weighted by Crippen LogP contribution is 2.32. The fourth-order valence-corrected chi connectivity index (χ4v) is 4.57. The first-order valence-electron chi connectivity index (χ1n) is 10.3. The molecule has 4 rings (SSSR count). The smallest absolute Gasteiger partial charge is 0.278 e. The number of aromatic nitrogens is 3. The number of anilines is 1. The van der Waals surface area contributed by atoms with Gasteiger partial charge in [0, 0.05) is 45.0 Å². The normalized spacial score (nSPS) is 14.9. The van der Waals surface area contributed by atoms with Gasteiger partial charge in [-0.05, 0) is 31.5 Å². The summed E-state index contributed by atoms with van der Waals surface area (Å²) >= 11 is 1.52. The minimum Gasteiger partial charge on any atom is -0.497 e. The third kappa shape index (κ3) is 4.48. The molecule has 1 aliphatic heterocycles. The Morgan fingerprint density at radius 2 is 2.13 bits per heavy atom. The lowest BCUT2D eigenvalue weighted by Crippen LogP contribution is -2.39. The minimum atomic E-state index is -0.0673. The average molecular weight is 430 g/mol. The van der Waals surface area contributed by atoms with Crippen LogP contribution in [0.3, 0.4) is 0 Å². The Morgan fingerprint density at radius 3 is 2.90 bits per heavy atom. The number of thiazole rings is 1. The van der Waals surface area contributed by atoms with Crippen molar-refractivity contribution < 1.29 is 14.3 Å². The molecule has 3 aromatic rings. The third-order valence-electron chi connectivity index (χ3n) is 5.25. The number of aryl methyl sites for hydroxylation is 1. The fourth-order valence-electron chi connectivity index (χ4n) is 3.60. The lowest BCUT2D eigenvalue weighted by molar-refractivity contribution is 0.0376. The molecule has 30 heavy (non-hydrogen) atoms. The van der Waals surface area contributed by atoms with Gasteiger partial charge in [-0.3, -0.25) is 19.3 Å². The summed E-state index contributed by atoms with van der Waals surface area (Å²) in [5.74, 6) is 0.691. The summed E-state index contributed by atoms with van der Waals surface area (Å²) < 4.78 is 13.5. The number of hydrogen-bond acceptors (Lipinski definition) is 7. The van der Waals surface area contributed by atoms with E-state index in [4.69, 9.17) is 14.5 Å². The summed E-state index contributed by atoms with van der Waals surface area (Å²) in [4.78, 5) is 22.4. The SMILES string of the molecule is CCn1nccc1C(=O)N(CCCN1CCOCC1)c1nc2cc(OC)ccc2s1. The Labute approximate surface area is 180 Å². The molecule has 0 radical (unpaired) electrons. The van der Waals surface area contributed by atoms with Gasteiger partial charge in [-0.1, -0.05) is 11.3 Å². The number of morpholine rings is 1. The maximum absolute atomic E-state index is 13.4. The number of methoxy groups -OCH3 is 1. The molecule has 0 atom stereocenters. The highest BCUT2D eigenvalue weighted by atomic mass is 32.1. The molecule has 0 saturated carbocycles. The first-order valence-corrected chi connectivity index (χ1v) is 11.1. The van der Waals surface area contributed by atoms with Crippen molar-refractivity contribution >= 4 is 32.6 Å². The molecule has 1 aromatic carbocycles. The first-order chi connectivity index (χ1) is 14.7. The van der Waals surface area contributed by atoms with E-state index in [2.05, 4.69) is 10.00 Å². The largest absolute Gasteiger partial charge is 0.497 e. The van der Waals surface area contributed by atoms with Crippen molar-refractivity contribution in [3.63, 3.8) is 0 Å². The van der Waals surface area contributed by atoms with Gasteiger partial charge in [-0.15, -0.1) is 0 Å². The second-order valence-electron chi connectivity index (χ2n) is 7.13. The van der Waals surface area contributed by atoms with E-state index < -0.39 is 0 Å². The van der Waals surface area contributed by atoms with Crippen molar-refractivity contribution in [2.75, 3.05) is 51.4 Å². The zero-order valence-electron chi connectivity index (χ0n) is 17.4. The average Bonchev–Trinajstić information content (AvgIpc) is 3.43. The van der Waals surface area contributed by atoms with Crippen LogP contribution >= 0.6 is 11.3 Å². The van der Waals surface area contributed by atoms with E-state index in [0.717, 1.165) is 55.2 Å². The summed E-state index contributed by atoms with van der Waals surface area (Å²) in [5.41, 5.74) is 1.42. The van der Waals surface area contributed by atoms with Crippen LogP contribution < -0.4 is 9.64 Å². The highest BCUT2D eigenvalue weighted by Gasteiger charge is 2.24. The van der Waals surface area contributed by atoms with Gasteiger partial charge in [0.1, 0.15) is 11.4 Å². The molecule has 1 amide bonds. The molecule has 160 valence electrons. The third-order valence-corrected chi connectivity index (χ3v) is 6.31. The van der Waals surface area contributed by atoms with E-state index in [0.29, 0.717) is 23.9 Å². The Balaban J connectivity index is 1.58. The van der Waals surface area contributed by atoms with Gasteiger partial charge < -0.3 is 9.47 Å². The zero-order valence-corrected chi connectivity index (χ0v) is 18.2. The van der Waals surface area contributed by atoms with E-state index in [-0.39, 0.29) is 5.91 Å². The molecule has 0 aliphatic carbocycles. The molecule has 0 bridgehead atoms. The van der Waals surface area contributed by atoms with Gasteiger partial charge in [0.05, 0.1) is 30.5 Å². The van der Waals surface area contributed by atoms with Crippen molar-refractivity contribution in [2.45, 2.75) is 19.9 Å². The van der Waals surface area contributed by atoms with Gasteiger partial charge in [-0.25, -0.2) is 4.98 Å². The molecule has 0 spiro atoms. The summed E-state index contributed by atoms with van der Waals surface area (Å²) in [7, 11) is 1.64. The minimum absolute atomic E-state index is 0.0673. The van der Waals surface area contributed by atoms with Crippen LogP contribution in [0.5, 0.6) is 5.75 Å². The number of benzene rings is 1. The van der Waals surface area contributed by atoms with Gasteiger partial charge in [-0.2, -0.15) is 5.10 Å². The molecule has 2 aromatic heterocycles. The predicted octanol–water partition coefficient (Wildman–Crippen LogP) is 2.89. The van der Waals surface area contributed by atoms with Crippen molar-refractivity contribution in [3.05, 3.63) is 36.2 Å². The standard InChI is InChI=1S/C21H27N5O3S/c1-3-26-18(7-8-22-26)20(27)25(10-4-9-24-11-13-29-14-12-24)21-23-17-15-16(28-2)5-6-19(17)30-21/h5-8,15H,3-4,9-14H2,1-2H3. The van der Waals surface area contributed by atoms with Crippen LogP contribution in [0.1, 0.15) is 23.8 Å². The number of fused-ring (bicyclic) bond motifs is 1. The number of nitrogens with zero attached hydrogens (tertiary/aromatic N) is 5. The van der Waals surface area contributed by atoms with Gasteiger partial charge in [0.15, 0.2) is 5.13 Å². The lowest BCUT2D eigenvalue weighted by Gasteiger charge is -2.27. The summed E-state index contributed by atoms with van der Waals surface area (Å²) in [6.45, 7) is 7.59. The first kappa shape index (κ1) is 20.8. The molecule has 0 unspecified atom stereocenters. The van der Waals surface area contributed by atoms with E-state index >= 15 is 0 Å². The molecule has 0 N–H and O–H groups in total. The maximum Gasteiger partial charge on any atom is 0.278 e. The summed E-state index contributed by atoms with van der Waals surface area (Å²) in [6.07, 6.45) is 2.54. The number of hydrogen-bond donors (Lipinski definition) is 0. The monoisotopic (exact) mass is 429 g/mol. The number of rotatable bonds is 8. The number of ether oxygens (including phenoxy) is 2.